The number of aldehydes is 1. The van der Waals surface area contributed by atoms with Crippen molar-refractivity contribution in [1.29, 1.82) is 0 Å². The number of carbonyl (C=O) groups is 1. The predicted molar refractivity (Wildman–Crippen MR) is 38.9 cm³/mol. The maximum Gasteiger partial charge on any atom is 0.128 e. The molecular weight excluding hydrogens is 134 g/mol. The average molecular weight is 143 g/mol. The van der Waals surface area contributed by atoms with Gasteiger partial charge in [0.1, 0.15) is 6.29 Å². The molecule has 1 aliphatic heterocycles. The number of rotatable bonds is 1. The van der Waals surface area contributed by atoms with Crippen LogP contribution in [-0.2, 0) is 4.79 Å². The Hall–Kier alpha value is -0.280. The summed E-state index contributed by atoms with van der Waals surface area (Å²) in [5.41, 5.74) is 0. The molecule has 3 heteroatoms. The van der Waals surface area contributed by atoms with E-state index in [2.05, 4.69) is 4.72 Å². The molecule has 0 saturated heterocycles. The normalized spacial score (nSPS) is 27.2. The van der Waals surface area contributed by atoms with Crippen LogP contribution in [0.15, 0.2) is 11.0 Å². The summed E-state index contributed by atoms with van der Waals surface area (Å²) in [7, 11) is 0. The van der Waals surface area contributed by atoms with Gasteiger partial charge in [0.15, 0.2) is 0 Å². The van der Waals surface area contributed by atoms with Crippen molar-refractivity contribution in [2.45, 2.75) is 6.92 Å². The highest BCUT2D eigenvalue weighted by atomic mass is 32.2. The van der Waals surface area contributed by atoms with E-state index in [1.807, 2.05) is 13.0 Å². The second kappa shape index (κ2) is 3.03. The summed E-state index contributed by atoms with van der Waals surface area (Å²) in [5.74, 6) is 0.0891. The molecule has 1 N–H and O–H groups in total. The lowest BCUT2D eigenvalue weighted by molar-refractivity contribution is -0.109. The molecule has 1 aliphatic rings. The van der Waals surface area contributed by atoms with Gasteiger partial charge in [0.05, 0.1) is 0 Å². The fourth-order valence-electron chi connectivity index (χ4n) is 0.734. The lowest BCUT2D eigenvalue weighted by atomic mass is 10.1. The molecule has 0 radical (unpaired) electrons. The maximum atomic E-state index is 10.2. The number of hydrogen-bond acceptors (Lipinski definition) is 3. The highest BCUT2D eigenvalue weighted by molar-refractivity contribution is 8.01. The molecule has 9 heavy (non-hydrogen) atoms. The Morgan fingerprint density at radius 3 is 3.22 bits per heavy atom. The molecule has 0 aliphatic carbocycles. The molecule has 0 spiro atoms. The minimum atomic E-state index is 0.0891. The van der Waals surface area contributed by atoms with Crippen LogP contribution in [0.3, 0.4) is 0 Å². The van der Waals surface area contributed by atoms with Gasteiger partial charge in [-0.05, 0) is 11.8 Å². The second-order valence-corrected chi connectivity index (χ2v) is 3.16. The molecule has 50 valence electrons. The van der Waals surface area contributed by atoms with Gasteiger partial charge < -0.3 is 4.79 Å². The van der Waals surface area contributed by atoms with Crippen LogP contribution in [0.2, 0.25) is 0 Å². The number of allylic oxidation sites excluding steroid dienone is 1. The van der Waals surface area contributed by atoms with Gasteiger partial charge in [-0.2, -0.15) is 0 Å². The van der Waals surface area contributed by atoms with Gasteiger partial charge in [-0.1, -0.05) is 18.0 Å². The minimum absolute atomic E-state index is 0.0891. The third kappa shape index (κ3) is 1.84. The van der Waals surface area contributed by atoms with Crippen LogP contribution >= 0.6 is 11.9 Å². The molecule has 1 rings (SSSR count). The number of carbonyl (C=O) groups excluding carboxylic acids is 1. The highest BCUT2D eigenvalue weighted by Crippen LogP contribution is 2.17. The molecular formula is C6H9NOS. The van der Waals surface area contributed by atoms with Gasteiger partial charge in [-0.15, -0.1) is 0 Å². The standard InChI is InChI=1S/C6H9NOS/c1-5-2-6(4-8)3-7-9-5/h2,4,6-7H,3H2,1H3. The van der Waals surface area contributed by atoms with Gasteiger partial charge in [0.25, 0.3) is 0 Å². The predicted octanol–water partition coefficient (Wildman–Crippen LogP) is 0.957. The molecule has 0 aromatic rings. The molecule has 1 heterocycles. The van der Waals surface area contributed by atoms with Crippen LogP contribution in [-0.4, -0.2) is 12.8 Å². The van der Waals surface area contributed by atoms with Crippen molar-refractivity contribution < 1.29 is 4.79 Å². The van der Waals surface area contributed by atoms with Crippen LogP contribution < -0.4 is 4.72 Å². The Labute approximate surface area is 58.8 Å². The van der Waals surface area contributed by atoms with E-state index < -0.39 is 0 Å². The van der Waals surface area contributed by atoms with E-state index in [0.717, 1.165) is 12.8 Å². The first kappa shape index (κ1) is 6.83. The Balaban J connectivity index is 2.56. The van der Waals surface area contributed by atoms with Crippen LogP contribution in [0.1, 0.15) is 6.92 Å². The Morgan fingerprint density at radius 1 is 2.00 bits per heavy atom. The average Bonchev–Trinajstić information content (AvgIpc) is 1.88. The SMILES string of the molecule is CC1=CC(C=O)CNS1. The fourth-order valence-corrected chi connectivity index (χ4v) is 1.48. The van der Waals surface area contributed by atoms with Gasteiger partial charge in [0.2, 0.25) is 0 Å². The Bertz CT molecular complexity index is 144. The zero-order valence-corrected chi connectivity index (χ0v) is 6.07. The van der Waals surface area contributed by atoms with Crippen molar-refractivity contribution in [3.05, 3.63) is 11.0 Å². The van der Waals surface area contributed by atoms with Gasteiger partial charge in [-0.3, -0.25) is 4.72 Å². The molecule has 0 fully saturated rings. The maximum absolute atomic E-state index is 10.2. The van der Waals surface area contributed by atoms with E-state index in [1.54, 1.807) is 11.9 Å². The van der Waals surface area contributed by atoms with E-state index in [9.17, 15) is 4.79 Å². The van der Waals surface area contributed by atoms with Crippen molar-refractivity contribution in [3.63, 3.8) is 0 Å². The molecule has 0 amide bonds. The molecule has 1 atom stereocenters. The van der Waals surface area contributed by atoms with Gasteiger partial charge in [0, 0.05) is 12.5 Å². The monoisotopic (exact) mass is 143 g/mol. The summed E-state index contributed by atoms with van der Waals surface area (Å²) >= 11 is 1.59. The summed E-state index contributed by atoms with van der Waals surface area (Å²) in [6.07, 6.45) is 2.95. The number of hydrogen-bond donors (Lipinski definition) is 1. The summed E-state index contributed by atoms with van der Waals surface area (Å²) in [6, 6.07) is 0. The van der Waals surface area contributed by atoms with E-state index in [0.29, 0.717) is 0 Å². The van der Waals surface area contributed by atoms with Crippen molar-refractivity contribution in [2.24, 2.45) is 5.92 Å². The van der Waals surface area contributed by atoms with Crippen LogP contribution in [0.5, 0.6) is 0 Å². The first-order valence-electron chi connectivity index (χ1n) is 2.86. The highest BCUT2D eigenvalue weighted by Gasteiger charge is 2.08. The molecule has 2 nitrogen and oxygen atoms in total. The zero-order chi connectivity index (χ0) is 6.69. The summed E-state index contributed by atoms with van der Waals surface area (Å²) in [4.78, 5) is 11.4. The van der Waals surface area contributed by atoms with E-state index >= 15 is 0 Å². The van der Waals surface area contributed by atoms with Crippen molar-refractivity contribution in [2.75, 3.05) is 6.54 Å². The Kier molecular flexibility index (Phi) is 2.30. The third-order valence-electron chi connectivity index (χ3n) is 1.18. The topological polar surface area (TPSA) is 29.1 Å². The first-order valence-corrected chi connectivity index (χ1v) is 3.68. The van der Waals surface area contributed by atoms with Crippen molar-refractivity contribution in [1.82, 2.24) is 4.72 Å². The van der Waals surface area contributed by atoms with E-state index in [4.69, 9.17) is 0 Å². The summed E-state index contributed by atoms with van der Waals surface area (Å²) < 4.78 is 3.05. The molecule has 0 saturated carbocycles. The summed E-state index contributed by atoms with van der Waals surface area (Å²) in [5, 5.41) is 0. The van der Waals surface area contributed by atoms with Gasteiger partial charge >= 0.3 is 0 Å². The lowest BCUT2D eigenvalue weighted by Crippen LogP contribution is -2.20. The quantitative estimate of drug-likeness (QED) is 0.438. The van der Waals surface area contributed by atoms with Crippen LogP contribution in [0, 0.1) is 5.92 Å². The summed E-state index contributed by atoms with van der Waals surface area (Å²) in [6.45, 7) is 2.76. The fraction of sp³-hybridized carbons (Fsp3) is 0.500. The molecule has 0 bridgehead atoms. The molecule has 0 aromatic heterocycles. The van der Waals surface area contributed by atoms with E-state index in [-0.39, 0.29) is 5.92 Å². The zero-order valence-electron chi connectivity index (χ0n) is 5.26. The van der Waals surface area contributed by atoms with Gasteiger partial charge in [-0.25, -0.2) is 0 Å². The van der Waals surface area contributed by atoms with Crippen molar-refractivity contribution >= 4 is 18.2 Å². The second-order valence-electron chi connectivity index (χ2n) is 2.03. The lowest BCUT2D eigenvalue weighted by Gasteiger charge is -2.13. The first-order chi connectivity index (χ1) is 4.33. The molecule has 1 unspecified atom stereocenters. The smallest absolute Gasteiger partial charge is 0.128 e. The largest absolute Gasteiger partial charge is 0.303 e. The van der Waals surface area contributed by atoms with Crippen LogP contribution in [0.4, 0.5) is 0 Å². The van der Waals surface area contributed by atoms with Crippen molar-refractivity contribution in [3.8, 4) is 0 Å². The van der Waals surface area contributed by atoms with Crippen LogP contribution in [0.25, 0.3) is 0 Å². The Morgan fingerprint density at radius 2 is 2.78 bits per heavy atom. The van der Waals surface area contributed by atoms with E-state index in [1.165, 1.54) is 4.91 Å². The molecule has 0 aromatic carbocycles. The minimum Gasteiger partial charge on any atom is -0.303 e. The number of nitrogens with one attached hydrogen (secondary N) is 1. The third-order valence-corrected chi connectivity index (χ3v) is 1.94.